The Labute approximate surface area is 121 Å². The molecule has 1 aliphatic heterocycles. The third-order valence-electron chi connectivity index (χ3n) is 3.87. The van der Waals surface area contributed by atoms with Gasteiger partial charge in [-0.15, -0.1) is 0 Å². The van der Waals surface area contributed by atoms with Crippen molar-refractivity contribution in [2.45, 2.75) is 30.7 Å². The van der Waals surface area contributed by atoms with Crippen LogP contribution in [0.2, 0.25) is 0 Å². The van der Waals surface area contributed by atoms with Crippen molar-refractivity contribution >= 4 is 15.7 Å². The zero-order valence-corrected chi connectivity index (χ0v) is 12.9. The van der Waals surface area contributed by atoms with Crippen LogP contribution in [0.15, 0.2) is 29.2 Å². The number of anilines is 1. The Morgan fingerprint density at radius 1 is 1.30 bits per heavy atom. The first-order valence-electron chi connectivity index (χ1n) is 7.08. The first-order chi connectivity index (χ1) is 9.56. The molecule has 2 rings (SSSR count). The fourth-order valence-electron chi connectivity index (χ4n) is 2.63. The third kappa shape index (κ3) is 3.50. The van der Waals surface area contributed by atoms with Crippen LogP contribution >= 0.6 is 0 Å². The van der Waals surface area contributed by atoms with Gasteiger partial charge in [0.15, 0.2) is 0 Å². The van der Waals surface area contributed by atoms with Crippen LogP contribution in [0.5, 0.6) is 0 Å². The monoisotopic (exact) mass is 297 g/mol. The molecule has 20 heavy (non-hydrogen) atoms. The Bertz CT molecular complexity index is 528. The highest BCUT2D eigenvalue weighted by Gasteiger charge is 2.24. The topological polar surface area (TPSA) is 61.4 Å². The molecule has 0 amide bonds. The van der Waals surface area contributed by atoms with Gasteiger partial charge in [0.1, 0.15) is 0 Å². The molecular formula is C14H23N3O2S. The Kier molecular flexibility index (Phi) is 5.01. The molecule has 1 heterocycles. The molecule has 0 spiro atoms. The van der Waals surface area contributed by atoms with Crippen molar-refractivity contribution in [2.75, 3.05) is 32.0 Å². The van der Waals surface area contributed by atoms with Crippen LogP contribution in [-0.2, 0) is 10.0 Å². The normalized spacial score (nSPS) is 20.2. The van der Waals surface area contributed by atoms with E-state index in [1.165, 1.54) is 0 Å². The highest BCUT2D eigenvalue weighted by Crippen LogP contribution is 2.17. The molecule has 0 radical (unpaired) electrons. The van der Waals surface area contributed by atoms with Gasteiger partial charge in [-0.05, 0) is 50.2 Å². The molecule has 0 saturated carbocycles. The summed E-state index contributed by atoms with van der Waals surface area (Å²) in [6, 6.07) is 7.11. The van der Waals surface area contributed by atoms with Gasteiger partial charge in [-0.1, -0.05) is 6.92 Å². The van der Waals surface area contributed by atoms with Gasteiger partial charge in [0.2, 0.25) is 10.0 Å². The molecule has 6 heteroatoms. The molecule has 112 valence electrons. The van der Waals surface area contributed by atoms with E-state index in [1.54, 1.807) is 31.3 Å². The molecule has 1 atom stereocenters. The van der Waals surface area contributed by atoms with Crippen molar-refractivity contribution in [3.8, 4) is 0 Å². The van der Waals surface area contributed by atoms with E-state index in [0.29, 0.717) is 17.5 Å². The van der Waals surface area contributed by atoms with Crippen molar-refractivity contribution in [1.82, 2.24) is 9.62 Å². The molecular weight excluding hydrogens is 274 g/mol. The van der Waals surface area contributed by atoms with Crippen molar-refractivity contribution in [1.29, 1.82) is 0 Å². The van der Waals surface area contributed by atoms with Crippen molar-refractivity contribution in [3.05, 3.63) is 24.3 Å². The standard InChI is InChI=1S/C14H23N3O2S/c1-3-17-10-4-5-13(17)11-16-20(18,19)14-8-6-12(15-2)7-9-14/h6-9,13,15-16H,3-5,10-11H2,1-2H3. The van der Waals surface area contributed by atoms with Gasteiger partial charge in [0.05, 0.1) is 4.90 Å². The van der Waals surface area contributed by atoms with Crippen LogP contribution in [0.3, 0.4) is 0 Å². The molecule has 1 aromatic carbocycles. The van der Waals surface area contributed by atoms with E-state index in [9.17, 15) is 8.42 Å². The van der Waals surface area contributed by atoms with E-state index >= 15 is 0 Å². The van der Waals surface area contributed by atoms with Crippen LogP contribution in [0.4, 0.5) is 5.69 Å². The second-order valence-corrected chi connectivity index (χ2v) is 6.82. The van der Waals surface area contributed by atoms with Crippen molar-refractivity contribution in [2.24, 2.45) is 0 Å². The van der Waals surface area contributed by atoms with E-state index in [1.807, 2.05) is 0 Å². The predicted octanol–water partition coefficient (Wildman–Crippen LogP) is 1.49. The van der Waals surface area contributed by atoms with Gasteiger partial charge in [-0.3, -0.25) is 4.90 Å². The minimum Gasteiger partial charge on any atom is -0.388 e. The highest BCUT2D eigenvalue weighted by molar-refractivity contribution is 7.89. The summed E-state index contributed by atoms with van der Waals surface area (Å²) in [4.78, 5) is 2.64. The largest absolute Gasteiger partial charge is 0.388 e. The minimum atomic E-state index is -3.41. The second kappa shape index (κ2) is 6.56. The Balaban J connectivity index is 1.99. The van der Waals surface area contributed by atoms with Crippen LogP contribution < -0.4 is 10.0 Å². The lowest BCUT2D eigenvalue weighted by atomic mass is 10.2. The number of rotatable bonds is 6. The molecule has 1 aromatic rings. The molecule has 1 aliphatic rings. The Morgan fingerprint density at radius 3 is 2.60 bits per heavy atom. The highest BCUT2D eigenvalue weighted by atomic mass is 32.2. The summed E-state index contributed by atoms with van der Waals surface area (Å²) >= 11 is 0. The smallest absolute Gasteiger partial charge is 0.240 e. The van der Waals surface area contributed by atoms with Crippen LogP contribution in [-0.4, -0.2) is 46.0 Å². The van der Waals surface area contributed by atoms with Gasteiger partial charge in [-0.2, -0.15) is 0 Å². The average Bonchev–Trinajstić information content (AvgIpc) is 2.93. The second-order valence-electron chi connectivity index (χ2n) is 5.05. The van der Waals surface area contributed by atoms with Gasteiger partial charge in [0.25, 0.3) is 0 Å². The maximum absolute atomic E-state index is 12.2. The van der Waals surface area contributed by atoms with E-state index in [0.717, 1.165) is 31.6 Å². The van der Waals surface area contributed by atoms with Gasteiger partial charge >= 0.3 is 0 Å². The fraction of sp³-hybridized carbons (Fsp3) is 0.571. The quantitative estimate of drug-likeness (QED) is 0.835. The molecule has 5 nitrogen and oxygen atoms in total. The molecule has 2 N–H and O–H groups in total. The number of hydrogen-bond acceptors (Lipinski definition) is 4. The molecule has 0 aliphatic carbocycles. The lowest BCUT2D eigenvalue weighted by Gasteiger charge is -2.22. The number of hydrogen-bond donors (Lipinski definition) is 2. The predicted molar refractivity (Wildman–Crippen MR) is 81.4 cm³/mol. The molecule has 1 fully saturated rings. The zero-order chi connectivity index (χ0) is 14.6. The Morgan fingerprint density at radius 2 is 2.00 bits per heavy atom. The number of likely N-dealkylation sites (N-methyl/N-ethyl adjacent to an activating group) is 1. The number of likely N-dealkylation sites (tertiary alicyclic amines) is 1. The summed E-state index contributed by atoms with van der Waals surface area (Å²) in [5.74, 6) is 0. The zero-order valence-electron chi connectivity index (χ0n) is 12.1. The van der Waals surface area contributed by atoms with E-state index in [2.05, 4.69) is 21.9 Å². The van der Waals surface area contributed by atoms with Gasteiger partial charge < -0.3 is 5.32 Å². The lowest BCUT2D eigenvalue weighted by Crippen LogP contribution is -2.39. The molecule has 0 bridgehead atoms. The summed E-state index contributed by atoms with van der Waals surface area (Å²) < 4.78 is 27.2. The van der Waals surface area contributed by atoms with E-state index in [4.69, 9.17) is 0 Å². The van der Waals surface area contributed by atoms with Crippen LogP contribution in [0.1, 0.15) is 19.8 Å². The Hall–Kier alpha value is -1.11. The summed E-state index contributed by atoms with van der Waals surface area (Å²) in [7, 11) is -1.60. The summed E-state index contributed by atoms with van der Waals surface area (Å²) in [5.41, 5.74) is 0.900. The van der Waals surface area contributed by atoms with Crippen molar-refractivity contribution in [3.63, 3.8) is 0 Å². The van der Waals surface area contributed by atoms with Crippen LogP contribution in [0.25, 0.3) is 0 Å². The average molecular weight is 297 g/mol. The SMILES string of the molecule is CCN1CCCC1CNS(=O)(=O)c1ccc(NC)cc1. The fourth-order valence-corrected chi connectivity index (χ4v) is 3.71. The lowest BCUT2D eigenvalue weighted by molar-refractivity contribution is 0.268. The number of benzene rings is 1. The van der Waals surface area contributed by atoms with Gasteiger partial charge in [-0.25, -0.2) is 13.1 Å². The minimum absolute atomic E-state index is 0.317. The first-order valence-corrected chi connectivity index (χ1v) is 8.56. The number of nitrogens with zero attached hydrogens (tertiary/aromatic N) is 1. The number of sulfonamides is 1. The summed E-state index contributed by atoms with van der Waals surface area (Å²) in [6.45, 7) is 4.65. The maximum atomic E-state index is 12.2. The maximum Gasteiger partial charge on any atom is 0.240 e. The molecule has 1 saturated heterocycles. The molecule has 0 aromatic heterocycles. The third-order valence-corrected chi connectivity index (χ3v) is 5.31. The van der Waals surface area contributed by atoms with E-state index < -0.39 is 10.0 Å². The van der Waals surface area contributed by atoms with E-state index in [-0.39, 0.29) is 0 Å². The molecule has 1 unspecified atom stereocenters. The summed E-state index contributed by atoms with van der Waals surface area (Å²) in [5, 5.41) is 2.97. The van der Waals surface area contributed by atoms with Crippen molar-refractivity contribution < 1.29 is 8.42 Å². The number of nitrogens with one attached hydrogen (secondary N) is 2. The summed E-state index contributed by atoms with van der Waals surface area (Å²) in [6.07, 6.45) is 2.21. The van der Waals surface area contributed by atoms with Crippen LogP contribution in [0, 0.1) is 0 Å². The first kappa shape index (κ1) is 15.3. The van der Waals surface area contributed by atoms with Gasteiger partial charge in [0, 0.05) is 25.3 Å².